The number of ether oxygens (including phenoxy) is 2. The van der Waals surface area contributed by atoms with Gasteiger partial charge in [0.1, 0.15) is 19.3 Å². The molecule has 2 atom stereocenters. The van der Waals surface area contributed by atoms with E-state index in [9.17, 15) is 14.3 Å². The van der Waals surface area contributed by atoms with E-state index in [-0.39, 0.29) is 26.2 Å². The predicted molar refractivity (Wildman–Crippen MR) is 245 cm³/mol. The number of allylic oxidation sites excluding steroid dienone is 14. The lowest BCUT2D eigenvalue weighted by Gasteiger charge is -2.28. The molecule has 0 radical (unpaired) electrons. The molecule has 0 aromatic heterocycles. The Morgan fingerprint density at radius 3 is 1.43 bits per heavy atom. The van der Waals surface area contributed by atoms with Crippen molar-refractivity contribution in [2.45, 2.75) is 168 Å². The Kier molecular flexibility index (Phi) is 39.8. The van der Waals surface area contributed by atoms with Crippen LogP contribution < -0.4 is 4.89 Å². The number of hydrogen-bond donors (Lipinski definition) is 0. The van der Waals surface area contributed by atoms with Gasteiger partial charge in [0, 0.05) is 13.0 Å². The van der Waals surface area contributed by atoms with Crippen molar-refractivity contribution < 1.29 is 37.3 Å². The average Bonchev–Trinajstić information content (AvgIpc) is 3.18. The highest BCUT2D eigenvalue weighted by molar-refractivity contribution is 7.45. The molecule has 0 rings (SSSR count). The van der Waals surface area contributed by atoms with E-state index in [4.69, 9.17) is 18.5 Å². The minimum atomic E-state index is -4.54. The minimum Gasteiger partial charge on any atom is -0.756 e. The number of unbranched alkanes of at least 4 members (excludes halogenated alkanes) is 13. The second kappa shape index (κ2) is 41.4. The van der Waals surface area contributed by atoms with Crippen LogP contribution in [0.1, 0.15) is 162 Å². The van der Waals surface area contributed by atoms with Gasteiger partial charge in [-0.15, -0.1) is 0 Å². The fourth-order valence-electron chi connectivity index (χ4n) is 5.71. The van der Waals surface area contributed by atoms with E-state index >= 15 is 0 Å². The molecule has 0 amide bonds. The van der Waals surface area contributed by atoms with Crippen molar-refractivity contribution in [1.29, 1.82) is 0 Å². The van der Waals surface area contributed by atoms with E-state index in [1.807, 2.05) is 21.1 Å². The van der Waals surface area contributed by atoms with Gasteiger partial charge in [-0.25, -0.2) is 0 Å². The summed E-state index contributed by atoms with van der Waals surface area (Å²) in [6.45, 7) is 5.20. The standard InChI is InChI=1S/C49H86NO7P/c1-6-8-10-12-14-16-18-20-21-22-23-24-25-26-27-28-29-30-32-34-36-38-40-42-49(51)57-48(47-56-58(52,53)55-45-43-50(3,4)5)46-54-44-41-39-37-35-33-31-19-17-15-13-11-9-7-2/h8,10,14,16,20-21,23-24,26-27,29-30,34,36,48H,6-7,9,11-13,15,17-19,22,25,28,31-33,35,37-47H2,1-5H3/b10-8-,16-14-,21-20-,24-23-,27-26-,30-29-,36-34-. The van der Waals surface area contributed by atoms with Gasteiger partial charge in [0.2, 0.25) is 0 Å². The fraction of sp³-hybridized carbons (Fsp3) is 0.694. The smallest absolute Gasteiger partial charge is 0.306 e. The number of phosphoric ester groups is 1. The number of likely N-dealkylation sites (N-methyl/N-ethyl adjacent to an activating group) is 1. The third-order valence-corrected chi connectivity index (χ3v) is 10.2. The Balaban J connectivity index is 4.34. The molecular formula is C49H86NO7P. The van der Waals surface area contributed by atoms with E-state index < -0.39 is 19.9 Å². The molecule has 0 saturated heterocycles. The third kappa shape index (κ3) is 44.8. The summed E-state index contributed by atoms with van der Waals surface area (Å²) in [5, 5.41) is 0. The first-order chi connectivity index (χ1) is 28.1. The molecule has 0 spiro atoms. The molecule has 8 nitrogen and oxygen atoms in total. The zero-order valence-corrected chi connectivity index (χ0v) is 38.6. The normalized spacial score (nSPS) is 14.5. The molecule has 9 heteroatoms. The SMILES string of the molecule is CC/C=C\C/C=C\C/C=C\C/C=C\C/C=C\C/C=C\C/C=C\CCCC(=O)OC(COCCCCCCCCCCCCCCC)COP(=O)([O-])OCC[N+](C)(C)C. The van der Waals surface area contributed by atoms with Crippen LogP contribution >= 0.6 is 7.82 Å². The molecule has 0 aliphatic rings. The Labute approximate surface area is 356 Å². The molecule has 0 heterocycles. The molecular weight excluding hydrogens is 746 g/mol. The highest BCUT2D eigenvalue weighted by Crippen LogP contribution is 2.38. The van der Waals surface area contributed by atoms with Crippen LogP contribution in [0.2, 0.25) is 0 Å². The van der Waals surface area contributed by atoms with Gasteiger partial charge in [-0.1, -0.05) is 176 Å². The first-order valence-electron chi connectivity index (χ1n) is 22.8. The summed E-state index contributed by atoms with van der Waals surface area (Å²) in [7, 11) is 1.31. The lowest BCUT2D eigenvalue weighted by Crippen LogP contribution is -2.37. The Morgan fingerprint density at radius 2 is 0.983 bits per heavy atom. The van der Waals surface area contributed by atoms with Gasteiger partial charge in [-0.3, -0.25) is 9.36 Å². The first-order valence-corrected chi connectivity index (χ1v) is 24.3. The van der Waals surface area contributed by atoms with Crippen molar-refractivity contribution in [3.63, 3.8) is 0 Å². The number of carbonyl (C=O) groups excluding carboxylic acids is 1. The Morgan fingerprint density at radius 1 is 0.552 bits per heavy atom. The molecule has 0 N–H and O–H groups in total. The largest absolute Gasteiger partial charge is 0.756 e. The van der Waals surface area contributed by atoms with E-state index in [0.717, 1.165) is 64.2 Å². The molecule has 334 valence electrons. The summed E-state index contributed by atoms with van der Waals surface area (Å²) >= 11 is 0. The summed E-state index contributed by atoms with van der Waals surface area (Å²) < 4.78 is 34.5. The highest BCUT2D eigenvalue weighted by Gasteiger charge is 2.20. The van der Waals surface area contributed by atoms with E-state index in [2.05, 4.69) is 98.9 Å². The van der Waals surface area contributed by atoms with Crippen LogP contribution in [0.4, 0.5) is 0 Å². The Hall–Kier alpha value is -2.32. The van der Waals surface area contributed by atoms with Crippen LogP contribution in [0.5, 0.6) is 0 Å². The number of carbonyl (C=O) groups is 1. The molecule has 0 aromatic rings. The van der Waals surface area contributed by atoms with Gasteiger partial charge in [0.25, 0.3) is 7.82 Å². The predicted octanol–water partition coefficient (Wildman–Crippen LogP) is 13.0. The molecule has 0 aliphatic carbocycles. The van der Waals surface area contributed by atoms with Crippen molar-refractivity contribution in [3.05, 3.63) is 85.1 Å². The minimum absolute atomic E-state index is 0.0118. The van der Waals surface area contributed by atoms with Crippen LogP contribution in [-0.4, -0.2) is 70.7 Å². The maximum atomic E-state index is 12.7. The molecule has 0 aliphatic heterocycles. The number of quaternary nitrogens is 1. The van der Waals surface area contributed by atoms with Crippen molar-refractivity contribution in [3.8, 4) is 0 Å². The summed E-state index contributed by atoms with van der Waals surface area (Å²) in [5.74, 6) is -0.393. The average molecular weight is 832 g/mol. The topological polar surface area (TPSA) is 94.1 Å². The van der Waals surface area contributed by atoms with Crippen molar-refractivity contribution in [2.75, 3.05) is 54.1 Å². The Bertz CT molecular complexity index is 1200. The lowest BCUT2D eigenvalue weighted by atomic mass is 10.0. The molecule has 58 heavy (non-hydrogen) atoms. The maximum absolute atomic E-state index is 12.7. The molecule has 0 bridgehead atoms. The zero-order chi connectivity index (χ0) is 42.7. The van der Waals surface area contributed by atoms with E-state index in [1.165, 1.54) is 70.6 Å². The third-order valence-electron chi connectivity index (χ3n) is 9.21. The second-order valence-electron chi connectivity index (χ2n) is 16.0. The molecule has 2 unspecified atom stereocenters. The molecule has 0 aromatic carbocycles. The van der Waals surface area contributed by atoms with E-state index in [0.29, 0.717) is 24.1 Å². The summed E-state index contributed by atoms with van der Waals surface area (Å²) in [5.41, 5.74) is 0. The van der Waals surface area contributed by atoms with Crippen LogP contribution in [0, 0.1) is 0 Å². The van der Waals surface area contributed by atoms with Gasteiger partial charge >= 0.3 is 5.97 Å². The number of phosphoric acid groups is 1. The van der Waals surface area contributed by atoms with Crippen molar-refractivity contribution >= 4 is 13.8 Å². The van der Waals surface area contributed by atoms with Crippen LogP contribution in [0.3, 0.4) is 0 Å². The number of esters is 1. The van der Waals surface area contributed by atoms with Crippen molar-refractivity contribution in [2.24, 2.45) is 0 Å². The first kappa shape index (κ1) is 55.7. The quantitative estimate of drug-likeness (QED) is 0.0199. The van der Waals surface area contributed by atoms with Crippen LogP contribution in [-0.2, 0) is 27.9 Å². The highest BCUT2D eigenvalue weighted by atomic mass is 31.2. The monoisotopic (exact) mass is 832 g/mol. The number of hydrogen-bond acceptors (Lipinski definition) is 7. The fourth-order valence-corrected chi connectivity index (χ4v) is 6.44. The van der Waals surface area contributed by atoms with Crippen LogP contribution in [0.25, 0.3) is 0 Å². The number of nitrogens with zero attached hydrogens (tertiary/aromatic N) is 1. The lowest BCUT2D eigenvalue weighted by molar-refractivity contribution is -0.870. The van der Waals surface area contributed by atoms with E-state index in [1.54, 1.807) is 0 Å². The van der Waals surface area contributed by atoms with Gasteiger partial charge in [0.05, 0.1) is 34.4 Å². The molecule has 0 saturated carbocycles. The maximum Gasteiger partial charge on any atom is 0.306 e. The van der Waals surface area contributed by atoms with Gasteiger partial charge in [-0.2, -0.15) is 0 Å². The van der Waals surface area contributed by atoms with Crippen LogP contribution in [0.15, 0.2) is 85.1 Å². The summed E-state index contributed by atoms with van der Waals surface area (Å²) in [6, 6.07) is 0. The second-order valence-corrected chi connectivity index (χ2v) is 17.4. The van der Waals surface area contributed by atoms with Gasteiger partial charge in [0.15, 0.2) is 0 Å². The zero-order valence-electron chi connectivity index (χ0n) is 37.7. The summed E-state index contributed by atoms with van der Waals surface area (Å²) in [6.07, 6.45) is 54.6. The van der Waals surface area contributed by atoms with Crippen molar-refractivity contribution in [1.82, 2.24) is 0 Å². The molecule has 0 fully saturated rings. The van der Waals surface area contributed by atoms with Gasteiger partial charge < -0.3 is 27.9 Å². The van der Waals surface area contributed by atoms with Gasteiger partial charge in [-0.05, 0) is 64.2 Å². The summed E-state index contributed by atoms with van der Waals surface area (Å²) in [4.78, 5) is 25.0. The number of rotatable bonds is 41.